The minimum Gasteiger partial charge on any atom is -0.307 e. The van der Waals surface area contributed by atoms with Crippen molar-refractivity contribution in [2.75, 3.05) is 13.1 Å². The maximum Gasteiger partial charge on any atom is 0.0325 e. The van der Waals surface area contributed by atoms with E-state index in [1.54, 1.807) is 11.1 Å². The van der Waals surface area contributed by atoms with Crippen molar-refractivity contribution >= 4 is 0 Å². The lowest BCUT2D eigenvalue weighted by Gasteiger charge is -2.36. The lowest BCUT2D eigenvalue weighted by atomic mass is 9.87. The number of aryl methyl sites for hydroxylation is 1. The summed E-state index contributed by atoms with van der Waals surface area (Å²) < 4.78 is 0. The minimum atomic E-state index is 0.570. The number of nitrogens with zero attached hydrogens (tertiary/aromatic N) is 1. The molecular formula is C22H28N2. The van der Waals surface area contributed by atoms with Gasteiger partial charge < -0.3 is 5.32 Å². The predicted octanol–water partition coefficient (Wildman–Crippen LogP) is 4.32. The zero-order valence-electron chi connectivity index (χ0n) is 14.5. The van der Waals surface area contributed by atoms with Gasteiger partial charge in [0.2, 0.25) is 0 Å². The maximum atomic E-state index is 3.97. The van der Waals surface area contributed by atoms with Gasteiger partial charge >= 0.3 is 0 Å². The minimum absolute atomic E-state index is 0.570. The Bertz CT molecular complexity index is 644. The first-order chi connectivity index (χ1) is 11.9. The van der Waals surface area contributed by atoms with Gasteiger partial charge in [0, 0.05) is 18.6 Å². The third-order valence-corrected chi connectivity index (χ3v) is 5.64. The molecule has 1 aliphatic heterocycles. The first-order valence-electron chi connectivity index (χ1n) is 9.48. The zero-order chi connectivity index (χ0) is 16.2. The summed E-state index contributed by atoms with van der Waals surface area (Å²) in [6.07, 6.45) is 6.41. The van der Waals surface area contributed by atoms with Crippen LogP contribution in [0.15, 0.2) is 54.6 Å². The Morgan fingerprint density at radius 2 is 1.62 bits per heavy atom. The van der Waals surface area contributed by atoms with Gasteiger partial charge in [-0.2, -0.15) is 0 Å². The second-order valence-corrected chi connectivity index (χ2v) is 7.35. The van der Waals surface area contributed by atoms with Crippen molar-refractivity contribution in [1.82, 2.24) is 10.2 Å². The summed E-state index contributed by atoms with van der Waals surface area (Å²) in [5.74, 6) is 0. The second kappa shape index (κ2) is 7.50. The first kappa shape index (κ1) is 15.9. The van der Waals surface area contributed by atoms with Gasteiger partial charge in [0.25, 0.3) is 0 Å². The number of nitrogens with one attached hydrogen (secondary N) is 1. The monoisotopic (exact) mass is 320 g/mol. The molecule has 2 nitrogen and oxygen atoms in total. The van der Waals surface area contributed by atoms with Crippen molar-refractivity contribution in [2.24, 2.45) is 0 Å². The van der Waals surface area contributed by atoms with Crippen LogP contribution in [0.1, 0.15) is 48.4 Å². The fourth-order valence-corrected chi connectivity index (χ4v) is 4.31. The van der Waals surface area contributed by atoms with E-state index in [1.807, 2.05) is 0 Å². The number of fused-ring (bicyclic) bond motifs is 1. The molecule has 2 heteroatoms. The van der Waals surface area contributed by atoms with Crippen LogP contribution in [0.25, 0.3) is 0 Å². The molecule has 0 amide bonds. The molecule has 0 radical (unpaired) electrons. The van der Waals surface area contributed by atoms with Gasteiger partial charge in [-0.15, -0.1) is 0 Å². The molecule has 0 saturated carbocycles. The van der Waals surface area contributed by atoms with Gasteiger partial charge in [0.05, 0.1) is 0 Å². The Balaban J connectivity index is 1.31. The van der Waals surface area contributed by atoms with E-state index in [0.717, 1.165) is 6.54 Å². The maximum absolute atomic E-state index is 3.97. The lowest BCUT2D eigenvalue weighted by molar-refractivity contribution is 0.181. The lowest BCUT2D eigenvalue weighted by Crippen LogP contribution is -2.43. The van der Waals surface area contributed by atoms with Gasteiger partial charge in [-0.1, -0.05) is 54.6 Å². The Labute approximate surface area is 145 Å². The average molecular weight is 320 g/mol. The van der Waals surface area contributed by atoms with Crippen molar-refractivity contribution in [3.8, 4) is 0 Å². The largest absolute Gasteiger partial charge is 0.307 e. The van der Waals surface area contributed by atoms with Crippen LogP contribution in [0.2, 0.25) is 0 Å². The van der Waals surface area contributed by atoms with Crippen LogP contribution in [0.3, 0.4) is 0 Å². The van der Waals surface area contributed by atoms with Gasteiger partial charge in [-0.05, 0) is 61.9 Å². The molecule has 4 rings (SSSR count). The van der Waals surface area contributed by atoms with Crippen LogP contribution < -0.4 is 5.32 Å². The molecule has 126 valence electrons. The van der Waals surface area contributed by atoms with Gasteiger partial charge in [-0.25, -0.2) is 0 Å². The summed E-state index contributed by atoms with van der Waals surface area (Å²) in [7, 11) is 0. The van der Waals surface area contributed by atoms with Crippen LogP contribution in [-0.4, -0.2) is 24.0 Å². The fourth-order valence-electron chi connectivity index (χ4n) is 4.31. The van der Waals surface area contributed by atoms with E-state index in [-0.39, 0.29) is 0 Å². The molecule has 24 heavy (non-hydrogen) atoms. The summed E-state index contributed by atoms with van der Waals surface area (Å²) in [6.45, 7) is 3.52. The molecule has 0 bridgehead atoms. The zero-order valence-corrected chi connectivity index (χ0v) is 14.5. The first-order valence-corrected chi connectivity index (χ1v) is 9.48. The highest BCUT2D eigenvalue weighted by atomic mass is 15.1. The number of hydrogen-bond donors (Lipinski definition) is 1. The van der Waals surface area contributed by atoms with E-state index < -0.39 is 0 Å². The molecule has 1 fully saturated rings. The van der Waals surface area contributed by atoms with Crippen molar-refractivity contribution in [1.29, 1.82) is 0 Å². The summed E-state index contributed by atoms with van der Waals surface area (Å²) in [6, 6.07) is 21.1. The molecule has 1 aliphatic carbocycles. The number of likely N-dealkylation sites (tertiary alicyclic amines) is 1. The van der Waals surface area contributed by atoms with E-state index in [9.17, 15) is 0 Å². The number of rotatable bonds is 4. The third-order valence-electron chi connectivity index (χ3n) is 5.64. The molecule has 1 heterocycles. The standard InChI is InChI=1S/C22H28N2/c1-2-7-18(8-3-1)17-24-15-13-20(14-16-24)23-22-12-6-10-19-9-4-5-11-21(19)22/h1-5,7-9,11,20,22-23H,6,10,12-17H2/t22-/m0/s1. The number of piperidine rings is 1. The molecule has 2 aromatic rings. The molecule has 0 aromatic heterocycles. The highest BCUT2D eigenvalue weighted by molar-refractivity contribution is 5.32. The van der Waals surface area contributed by atoms with Crippen molar-refractivity contribution < 1.29 is 0 Å². The van der Waals surface area contributed by atoms with Gasteiger partial charge in [0.1, 0.15) is 0 Å². The van der Waals surface area contributed by atoms with Crippen molar-refractivity contribution in [3.05, 3.63) is 71.3 Å². The van der Waals surface area contributed by atoms with E-state index >= 15 is 0 Å². The van der Waals surface area contributed by atoms with E-state index in [2.05, 4.69) is 64.8 Å². The van der Waals surface area contributed by atoms with E-state index in [4.69, 9.17) is 0 Å². The van der Waals surface area contributed by atoms with Crippen LogP contribution >= 0.6 is 0 Å². The second-order valence-electron chi connectivity index (χ2n) is 7.35. The Kier molecular flexibility index (Phi) is 4.96. The average Bonchev–Trinajstić information content (AvgIpc) is 2.65. The van der Waals surface area contributed by atoms with Crippen LogP contribution in [0.4, 0.5) is 0 Å². The summed E-state index contributed by atoms with van der Waals surface area (Å²) in [5.41, 5.74) is 4.54. The molecule has 2 aliphatic rings. The normalized spacial score (nSPS) is 22.2. The molecule has 0 spiro atoms. The van der Waals surface area contributed by atoms with Crippen molar-refractivity contribution in [2.45, 2.75) is 50.7 Å². The van der Waals surface area contributed by atoms with E-state index in [0.29, 0.717) is 12.1 Å². The SMILES string of the molecule is c1ccc(CN2CCC(N[C@H]3CCCc4ccccc43)CC2)cc1. The summed E-state index contributed by atoms with van der Waals surface area (Å²) in [5, 5.41) is 3.97. The molecule has 2 aromatic carbocycles. The highest BCUT2D eigenvalue weighted by Gasteiger charge is 2.25. The summed E-state index contributed by atoms with van der Waals surface area (Å²) in [4.78, 5) is 2.60. The predicted molar refractivity (Wildman–Crippen MR) is 100.0 cm³/mol. The number of benzene rings is 2. The Morgan fingerprint density at radius 1 is 0.875 bits per heavy atom. The third kappa shape index (κ3) is 3.71. The van der Waals surface area contributed by atoms with Crippen LogP contribution in [0, 0.1) is 0 Å². The van der Waals surface area contributed by atoms with Gasteiger partial charge in [-0.3, -0.25) is 4.90 Å². The Hall–Kier alpha value is -1.64. The quantitative estimate of drug-likeness (QED) is 0.902. The van der Waals surface area contributed by atoms with E-state index in [1.165, 1.54) is 50.8 Å². The number of hydrogen-bond acceptors (Lipinski definition) is 2. The van der Waals surface area contributed by atoms with Crippen molar-refractivity contribution in [3.63, 3.8) is 0 Å². The fraction of sp³-hybridized carbons (Fsp3) is 0.455. The molecule has 1 saturated heterocycles. The molecular weight excluding hydrogens is 292 g/mol. The highest BCUT2D eigenvalue weighted by Crippen LogP contribution is 2.30. The Morgan fingerprint density at radius 3 is 2.46 bits per heavy atom. The molecule has 0 unspecified atom stereocenters. The molecule has 1 atom stereocenters. The van der Waals surface area contributed by atoms with Crippen LogP contribution in [0.5, 0.6) is 0 Å². The topological polar surface area (TPSA) is 15.3 Å². The van der Waals surface area contributed by atoms with Crippen LogP contribution in [-0.2, 0) is 13.0 Å². The van der Waals surface area contributed by atoms with Gasteiger partial charge in [0.15, 0.2) is 0 Å². The summed E-state index contributed by atoms with van der Waals surface area (Å²) >= 11 is 0. The smallest absolute Gasteiger partial charge is 0.0325 e. The molecule has 1 N–H and O–H groups in total.